The summed E-state index contributed by atoms with van der Waals surface area (Å²) < 4.78 is 0. The van der Waals surface area contributed by atoms with Crippen molar-refractivity contribution in [2.75, 3.05) is 23.7 Å². The van der Waals surface area contributed by atoms with Crippen molar-refractivity contribution in [2.24, 2.45) is 0 Å². The molecule has 1 unspecified atom stereocenters. The number of benzene rings is 2. The van der Waals surface area contributed by atoms with Crippen LogP contribution in [0.3, 0.4) is 0 Å². The van der Waals surface area contributed by atoms with E-state index in [0.29, 0.717) is 6.04 Å². The van der Waals surface area contributed by atoms with Crippen molar-refractivity contribution in [3.05, 3.63) is 60.2 Å². The van der Waals surface area contributed by atoms with Gasteiger partial charge in [0.25, 0.3) is 0 Å². The van der Waals surface area contributed by atoms with Gasteiger partial charge in [-0.05, 0) is 30.7 Å². The van der Waals surface area contributed by atoms with Crippen LogP contribution in [0.4, 0.5) is 5.69 Å². The first-order valence-electron chi connectivity index (χ1n) is 7.57. The molecule has 2 aromatic carbocycles. The standard InChI is InChI=1S/C18H22N2S/c1-15-14-20(11-12-21-17-8-3-2-4-9-17)18-10-6-5-7-16(18)13-19-15/h2-10,15,19H,11-14H2,1H3. The molecule has 1 atom stereocenters. The molecule has 110 valence electrons. The van der Waals surface area contributed by atoms with Crippen molar-refractivity contribution in [3.63, 3.8) is 0 Å². The summed E-state index contributed by atoms with van der Waals surface area (Å²) in [4.78, 5) is 3.88. The van der Waals surface area contributed by atoms with E-state index in [9.17, 15) is 0 Å². The summed E-state index contributed by atoms with van der Waals surface area (Å²) >= 11 is 1.93. The fourth-order valence-corrected chi connectivity index (χ4v) is 3.65. The third kappa shape index (κ3) is 3.80. The highest BCUT2D eigenvalue weighted by atomic mass is 32.2. The average molecular weight is 298 g/mol. The molecule has 1 N–H and O–H groups in total. The first kappa shape index (κ1) is 14.5. The van der Waals surface area contributed by atoms with Gasteiger partial charge in [-0.25, -0.2) is 0 Å². The first-order chi connectivity index (χ1) is 10.3. The summed E-state index contributed by atoms with van der Waals surface area (Å²) in [5, 5.41) is 3.59. The van der Waals surface area contributed by atoms with Crippen LogP contribution >= 0.6 is 11.8 Å². The number of nitrogens with zero attached hydrogens (tertiary/aromatic N) is 1. The summed E-state index contributed by atoms with van der Waals surface area (Å²) in [7, 11) is 0. The van der Waals surface area contributed by atoms with Gasteiger partial charge in [0.15, 0.2) is 0 Å². The van der Waals surface area contributed by atoms with Crippen LogP contribution in [-0.2, 0) is 6.54 Å². The van der Waals surface area contributed by atoms with E-state index >= 15 is 0 Å². The molecule has 0 fully saturated rings. The van der Waals surface area contributed by atoms with Gasteiger partial charge in [0, 0.05) is 42.0 Å². The van der Waals surface area contributed by atoms with Gasteiger partial charge in [-0.15, -0.1) is 11.8 Å². The highest BCUT2D eigenvalue weighted by Crippen LogP contribution is 2.24. The Morgan fingerprint density at radius 1 is 1.10 bits per heavy atom. The third-order valence-electron chi connectivity index (χ3n) is 3.84. The van der Waals surface area contributed by atoms with Gasteiger partial charge in [-0.2, -0.15) is 0 Å². The molecule has 1 aliphatic rings. The minimum Gasteiger partial charge on any atom is -0.369 e. The number of nitrogens with one attached hydrogen (secondary N) is 1. The predicted molar refractivity (Wildman–Crippen MR) is 92.1 cm³/mol. The molecule has 0 aliphatic carbocycles. The van der Waals surface area contributed by atoms with Crippen LogP contribution in [0.2, 0.25) is 0 Å². The Morgan fingerprint density at radius 3 is 2.71 bits per heavy atom. The van der Waals surface area contributed by atoms with Crippen LogP contribution in [0, 0.1) is 0 Å². The van der Waals surface area contributed by atoms with Gasteiger partial charge < -0.3 is 10.2 Å². The molecular weight excluding hydrogens is 276 g/mol. The van der Waals surface area contributed by atoms with E-state index in [0.717, 1.165) is 25.4 Å². The van der Waals surface area contributed by atoms with Gasteiger partial charge in [-0.1, -0.05) is 36.4 Å². The Kier molecular flexibility index (Phi) is 4.84. The largest absolute Gasteiger partial charge is 0.369 e. The lowest BCUT2D eigenvalue weighted by molar-refractivity contribution is 0.556. The number of hydrogen-bond acceptors (Lipinski definition) is 3. The molecule has 2 aromatic rings. The van der Waals surface area contributed by atoms with E-state index in [1.807, 2.05) is 11.8 Å². The highest BCUT2D eigenvalue weighted by molar-refractivity contribution is 7.99. The number of fused-ring (bicyclic) bond motifs is 1. The van der Waals surface area contributed by atoms with Crippen LogP contribution in [0.1, 0.15) is 12.5 Å². The Bertz CT molecular complexity index is 570. The fraction of sp³-hybridized carbons (Fsp3) is 0.333. The number of anilines is 1. The van der Waals surface area contributed by atoms with Crippen molar-refractivity contribution >= 4 is 17.4 Å². The van der Waals surface area contributed by atoms with Gasteiger partial charge in [0.1, 0.15) is 0 Å². The van der Waals surface area contributed by atoms with Crippen molar-refractivity contribution in [1.82, 2.24) is 5.32 Å². The maximum Gasteiger partial charge on any atom is 0.0412 e. The lowest BCUT2D eigenvalue weighted by atomic mass is 10.1. The quantitative estimate of drug-likeness (QED) is 0.865. The van der Waals surface area contributed by atoms with Crippen LogP contribution in [0.25, 0.3) is 0 Å². The molecule has 0 amide bonds. The van der Waals surface area contributed by atoms with Crippen molar-refractivity contribution < 1.29 is 0 Å². The molecule has 0 aromatic heterocycles. The van der Waals surface area contributed by atoms with Gasteiger partial charge >= 0.3 is 0 Å². The monoisotopic (exact) mass is 298 g/mol. The number of para-hydroxylation sites is 1. The molecule has 0 radical (unpaired) electrons. The molecule has 0 bridgehead atoms. The van der Waals surface area contributed by atoms with Crippen LogP contribution in [-0.4, -0.2) is 24.9 Å². The topological polar surface area (TPSA) is 15.3 Å². The molecule has 0 saturated carbocycles. The lowest BCUT2D eigenvalue weighted by Crippen LogP contribution is -2.37. The van der Waals surface area contributed by atoms with E-state index in [1.165, 1.54) is 16.1 Å². The molecule has 0 saturated heterocycles. The van der Waals surface area contributed by atoms with E-state index in [4.69, 9.17) is 0 Å². The normalized spacial score (nSPS) is 18.1. The Labute approximate surface area is 131 Å². The maximum atomic E-state index is 3.59. The van der Waals surface area contributed by atoms with Crippen molar-refractivity contribution in [1.29, 1.82) is 0 Å². The summed E-state index contributed by atoms with van der Waals surface area (Å²) in [6.07, 6.45) is 0. The Hall–Kier alpha value is -1.45. The highest BCUT2D eigenvalue weighted by Gasteiger charge is 2.18. The smallest absolute Gasteiger partial charge is 0.0412 e. The maximum absolute atomic E-state index is 3.59. The number of rotatable bonds is 4. The molecule has 21 heavy (non-hydrogen) atoms. The van der Waals surface area contributed by atoms with Crippen molar-refractivity contribution in [2.45, 2.75) is 24.4 Å². The van der Waals surface area contributed by atoms with Gasteiger partial charge in [-0.3, -0.25) is 0 Å². The predicted octanol–water partition coefficient (Wildman–Crippen LogP) is 3.78. The van der Waals surface area contributed by atoms with E-state index in [2.05, 4.69) is 71.7 Å². The van der Waals surface area contributed by atoms with Crippen molar-refractivity contribution in [3.8, 4) is 0 Å². The second kappa shape index (κ2) is 7.01. The molecule has 0 spiro atoms. The zero-order valence-corrected chi connectivity index (χ0v) is 13.3. The molecule has 3 heteroatoms. The van der Waals surface area contributed by atoms with E-state index in [1.54, 1.807) is 0 Å². The van der Waals surface area contributed by atoms with Crippen LogP contribution in [0.5, 0.6) is 0 Å². The first-order valence-corrected chi connectivity index (χ1v) is 8.55. The summed E-state index contributed by atoms with van der Waals surface area (Å²) in [5.74, 6) is 1.12. The van der Waals surface area contributed by atoms with Gasteiger partial charge in [0.05, 0.1) is 0 Å². The second-order valence-electron chi connectivity index (χ2n) is 5.52. The van der Waals surface area contributed by atoms with E-state index in [-0.39, 0.29) is 0 Å². The molecule has 2 nitrogen and oxygen atoms in total. The minimum atomic E-state index is 0.527. The van der Waals surface area contributed by atoms with Crippen LogP contribution < -0.4 is 10.2 Å². The van der Waals surface area contributed by atoms with Gasteiger partial charge in [0.2, 0.25) is 0 Å². The summed E-state index contributed by atoms with van der Waals surface area (Å²) in [6.45, 7) is 5.40. The number of hydrogen-bond donors (Lipinski definition) is 1. The SMILES string of the molecule is CC1CN(CCSc2ccccc2)c2ccccc2CN1. The summed E-state index contributed by atoms with van der Waals surface area (Å²) in [5.41, 5.74) is 2.80. The third-order valence-corrected chi connectivity index (χ3v) is 4.83. The molecule has 3 rings (SSSR count). The molecule has 1 heterocycles. The second-order valence-corrected chi connectivity index (χ2v) is 6.69. The minimum absolute atomic E-state index is 0.527. The van der Waals surface area contributed by atoms with Crippen LogP contribution in [0.15, 0.2) is 59.5 Å². The zero-order chi connectivity index (χ0) is 14.5. The molecular formula is C18H22N2S. The number of thioether (sulfide) groups is 1. The Balaban J connectivity index is 1.66. The lowest BCUT2D eigenvalue weighted by Gasteiger charge is -2.26. The summed E-state index contributed by atoms with van der Waals surface area (Å²) in [6, 6.07) is 19.9. The average Bonchev–Trinajstić information content (AvgIpc) is 2.68. The fourth-order valence-electron chi connectivity index (χ4n) is 2.75. The zero-order valence-electron chi connectivity index (χ0n) is 12.5. The van der Waals surface area contributed by atoms with E-state index < -0.39 is 0 Å². The molecule has 1 aliphatic heterocycles. The Morgan fingerprint density at radius 2 is 1.86 bits per heavy atom.